The van der Waals surface area contributed by atoms with Crippen LogP contribution in [-0.4, -0.2) is 25.8 Å². The molecule has 1 aromatic carbocycles. The van der Waals surface area contributed by atoms with Crippen molar-refractivity contribution in [2.24, 2.45) is 5.92 Å². The van der Waals surface area contributed by atoms with Crippen LogP contribution in [0.1, 0.15) is 32.3 Å². The zero-order valence-electron chi connectivity index (χ0n) is 12.1. The van der Waals surface area contributed by atoms with Gasteiger partial charge in [-0.2, -0.15) is 5.26 Å². The van der Waals surface area contributed by atoms with Gasteiger partial charge in [-0.3, -0.25) is 0 Å². The van der Waals surface area contributed by atoms with Crippen LogP contribution in [0.3, 0.4) is 0 Å². The van der Waals surface area contributed by atoms with Gasteiger partial charge in [-0.05, 0) is 37.0 Å². The molecule has 108 valence electrons. The van der Waals surface area contributed by atoms with Crippen molar-refractivity contribution in [1.29, 1.82) is 5.26 Å². The van der Waals surface area contributed by atoms with Crippen molar-refractivity contribution in [2.45, 2.75) is 32.8 Å². The van der Waals surface area contributed by atoms with E-state index in [0.717, 1.165) is 38.2 Å². The first-order valence-electron chi connectivity index (χ1n) is 7.16. The van der Waals surface area contributed by atoms with E-state index in [9.17, 15) is 0 Å². The number of ether oxygens (including phenoxy) is 1. The zero-order valence-corrected chi connectivity index (χ0v) is 12.9. The van der Waals surface area contributed by atoms with Crippen LogP contribution in [0.25, 0.3) is 0 Å². The van der Waals surface area contributed by atoms with E-state index in [2.05, 4.69) is 24.8 Å². The molecular weight excluding hydrogens is 272 g/mol. The van der Waals surface area contributed by atoms with Crippen molar-refractivity contribution in [1.82, 2.24) is 0 Å². The van der Waals surface area contributed by atoms with Crippen LogP contribution in [0.15, 0.2) is 18.2 Å². The van der Waals surface area contributed by atoms with Gasteiger partial charge >= 0.3 is 0 Å². The van der Waals surface area contributed by atoms with E-state index < -0.39 is 0 Å². The fraction of sp³-hybridized carbons (Fsp3) is 0.562. The smallest absolute Gasteiger partial charge is 0.101 e. The lowest BCUT2D eigenvalue weighted by molar-refractivity contribution is 0.0215. The number of rotatable bonds is 4. The summed E-state index contributed by atoms with van der Waals surface area (Å²) in [6.07, 6.45) is 2.47. The van der Waals surface area contributed by atoms with E-state index >= 15 is 0 Å². The molecule has 1 fully saturated rings. The quantitative estimate of drug-likeness (QED) is 0.845. The van der Waals surface area contributed by atoms with Gasteiger partial charge < -0.3 is 9.64 Å². The minimum atomic E-state index is 0.377. The Bertz CT molecular complexity index is 488. The van der Waals surface area contributed by atoms with Gasteiger partial charge in [0.15, 0.2) is 0 Å². The van der Waals surface area contributed by atoms with E-state index in [1.807, 2.05) is 12.1 Å². The summed E-state index contributed by atoms with van der Waals surface area (Å²) < 4.78 is 5.89. The third-order valence-corrected chi connectivity index (χ3v) is 3.86. The number of benzene rings is 1. The number of hydrogen-bond acceptors (Lipinski definition) is 3. The normalized spacial score (nSPS) is 16.4. The van der Waals surface area contributed by atoms with Gasteiger partial charge in [-0.1, -0.05) is 25.4 Å². The van der Waals surface area contributed by atoms with Crippen molar-refractivity contribution in [3.05, 3.63) is 28.8 Å². The Hall–Kier alpha value is -1.24. The van der Waals surface area contributed by atoms with Gasteiger partial charge in [0.1, 0.15) is 6.07 Å². The molecule has 0 saturated carbocycles. The summed E-state index contributed by atoms with van der Waals surface area (Å²) in [5.74, 6) is 0.588. The highest BCUT2D eigenvalue weighted by Gasteiger charge is 2.20. The molecule has 1 aliphatic rings. The number of piperidine rings is 1. The standard InChI is InChI=1S/C16H21ClN2O/c1-12(2)11-20-15-5-7-19(8-6-15)14-4-3-13(10-18)16(17)9-14/h3-4,9,12,15H,5-8,11H2,1-2H3. The maximum atomic E-state index is 8.89. The topological polar surface area (TPSA) is 36.3 Å². The third kappa shape index (κ3) is 3.88. The highest BCUT2D eigenvalue weighted by Crippen LogP contribution is 2.26. The fourth-order valence-corrected chi connectivity index (χ4v) is 2.62. The predicted octanol–water partition coefficient (Wildman–Crippen LogP) is 3.85. The van der Waals surface area contributed by atoms with Crippen molar-refractivity contribution in [2.75, 3.05) is 24.6 Å². The molecule has 1 heterocycles. The van der Waals surface area contributed by atoms with Crippen LogP contribution in [0.5, 0.6) is 0 Å². The van der Waals surface area contributed by atoms with Crippen LogP contribution < -0.4 is 4.90 Å². The molecule has 3 nitrogen and oxygen atoms in total. The van der Waals surface area contributed by atoms with E-state index in [-0.39, 0.29) is 0 Å². The molecule has 0 unspecified atom stereocenters. The Morgan fingerprint density at radius 2 is 2.10 bits per heavy atom. The molecule has 0 bridgehead atoms. The summed E-state index contributed by atoms with van der Waals surface area (Å²) in [5.41, 5.74) is 1.63. The average Bonchev–Trinajstić information content (AvgIpc) is 2.45. The maximum Gasteiger partial charge on any atom is 0.101 e. The van der Waals surface area contributed by atoms with Crippen LogP contribution in [0.4, 0.5) is 5.69 Å². The number of anilines is 1. The second-order valence-electron chi connectivity index (χ2n) is 5.69. The average molecular weight is 293 g/mol. The molecule has 1 aliphatic heterocycles. The highest BCUT2D eigenvalue weighted by atomic mass is 35.5. The van der Waals surface area contributed by atoms with Crippen molar-refractivity contribution in [3.63, 3.8) is 0 Å². The van der Waals surface area contributed by atoms with Gasteiger partial charge in [0, 0.05) is 25.4 Å². The van der Waals surface area contributed by atoms with Gasteiger partial charge in [0.25, 0.3) is 0 Å². The molecule has 0 amide bonds. The minimum absolute atomic E-state index is 0.377. The summed E-state index contributed by atoms with van der Waals surface area (Å²) in [5, 5.41) is 9.42. The lowest BCUT2D eigenvalue weighted by atomic mass is 10.1. The van der Waals surface area contributed by atoms with Crippen molar-refractivity contribution >= 4 is 17.3 Å². The number of nitrogens with zero attached hydrogens (tertiary/aromatic N) is 2. The molecule has 0 radical (unpaired) electrons. The molecule has 0 atom stereocenters. The second kappa shape index (κ2) is 6.97. The molecule has 1 saturated heterocycles. The molecule has 0 N–H and O–H groups in total. The minimum Gasteiger partial charge on any atom is -0.378 e. The summed E-state index contributed by atoms with van der Waals surface area (Å²) >= 11 is 6.09. The van der Waals surface area contributed by atoms with Gasteiger partial charge in [0.2, 0.25) is 0 Å². The Labute approximate surface area is 126 Å². The molecule has 0 spiro atoms. The first-order valence-corrected chi connectivity index (χ1v) is 7.54. The largest absolute Gasteiger partial charge is 0.378 e. The predicted molar refractivity (Wildman–Crippen MR) is 82.2 cm³/mol. The van der Waals surface area contributed by atoms with Crippen LogP contribution in [-0.2, 0) is 4.74 Å². The SMILES string of the molecule is CC(C)COC1CCN(c2ccc(C#N)c(Cl)c2)CC1. The Kier molecular flexibility index (Phi) is 5.28. The summed E-state index contributed by atoms with van der Waals surface area (Å²) in [7, 11) is 0. The summed E-state index contributed by atoms with van der Waals surface area (Å²) in [4.78, 5) is 2.31. The maximum absolute atomic E-state index is 8.89. The van der Waals surface area contributed by atoms with Gasteiger partial charge in [-0.25, -0.2) is 0 Å². The number of nitriles is 1. The van der Waals surface area contributed by atoms with Crippen molar-refractivity contribution < 1.29 is 4.74 Å². The van der Waals surface area contributed by atoms with Crippen molar-refractivity contribution in [3.8, 4) is 6.07 Å². The zero-order chi connectivity index (χ0) is 14.5. The molecule has 4 heteroatoms. The Morgan fingerprint density at radius 3 is 2.65 bits per heavy atom. The Balaban J connectivity index is 1.91. The summed E-state index contributed by atoms with van der Waals surface area (Å²) in [6, 6.07) is 7.74. The lowest BCUT2D eigenvalue weighted by Crippen LogP contribution is -2.37. The van der Waals surface area contributed by atoms with Crippen LogP contribution in [0.2, 0.25) is 5.02 Å². The monoisotopic (exact) mass is 292 g/mol. The highest BCUT2D eigenvalue weighted by molar-refractivity contribution is 6.32. The van der Waals surface area contributed by atoms with Gasteiger partial charge in [0.05, 0.1) is 16.7 Å². The number of hydrogen-bond donors (Lipinski definition) is 0. The lowest BCUT2D eigenvalue weighted by Gasteiger charge is -2.34. The summed E-state index contributed by atoms with van der Waals surface area (Å²) in [6.45, 7) is 7.14. The molecule has 1 aromatic rings. The van der Waals surface area contributed by atoms with E-state index in [1.54, 1.807) is 6.07 Å². The first kappa shape index (κ1) is 15.2. The van der Waals surface area contributed by atoms with Gasteiger partial charge in [-0.15, -0.1) is 0 Å². The first-order chi connectivity index (χ1) is 9.60. The molecular formula is C16H21ClN2O. The van der Waals surface area contributed by atoms with Crippen LogP contribution in [0, 0.1) is 17.2 Å². The number of halogens is 1. The fourth-order valence-electron chi connectivity index (χ4n) is 2.40. The molecule has 20 heavy (non-hydrogen) atoms. The van der Waals surface area contributed by atoms with E-state index in [4.69, 9.17) is 21.6 Å². The van der Waals surface area contributed by atoms with Crippen LogP contribution >= 0.6 is 11.6 Å². The van der Waals surface area contributed by atoms with E-state index in [0.29, 0.717) is 22.6 Å². The second-order valence-corrected chi connectivity index (χ2v) is 6.10. The molecule has 0 aliphatic carbocycles. The Morgan fingerprint density at radius 1 is 1.40 bits per heavy atom. The molecule has 2 rings (SSSR count). The third-order valence-electron chi connectivity index (χ3n) is 3.55. The van der Waals surface area contributed by atoms with E-state index in [1.165, 1.54) is 0 Å². The molecule has 0 aromatic heterocycles.